The number of likely N-dealkylation sites (tertiary alicyclic amines) is 1. The lowest BCUT2D eigenvalue weighted by molar-refractivity contribution is -0.139. The van der Waals surface area contributed by atoms with Gasteiger partial charge in [-0.05, 0) is 54.8 Å². The minimum atomic E-state index is -0.708. The second-order valence-corrected chi connectivity index (χ2v) is 6.96. The Morgan fingerprint density at radius 1 is 1.00 bits per heavy atom. The summed E-state index contributed by atoms with van der Waals surface area (Å²) in [6, 6.07) is 12.4. The molecule has 3 rings (SSSR count). The molecule has 0 aliphatic carbocycles. The molecule has 0 radical (unpaired) electrons. The number of benzene rings is 2. The van der Waals surface area contributed by atoms with Crippen LogP contribution >= 0.6 is 0 Å². The van der Waals surface area contributed by atoms with E-state index < -0.39 is 17.7 Å². The van der Waals surface area contributed by atoms with Gasteiger partial charge < -0.3 is 19.8 Å². The largest absolute Gasteiger partial charge is 0.508 e. The van der Waals surface area contributed by atoms with Gasteiger partial charge >= 0.3 is 0 Å². The summed E-state index contributed by atoms with van der Waals surface area (Å²) in [5.74, 6) is -0.800. The predicted octanol–water partition coefficient (Wildman–Crippen LogP) is 4.01. The first kappa shape index (κ1) is 20.5. The molecule has 2 aromatic carbocycles. The number of amides is 1. The van der Waals surface area contributed by atoms with Crippen molar-refractivity contribution in [3.05, 3.63) is 65.2 Å². The van der Waals surface area contributed by atoms with E-state index in [-0.39, 0.29) is 17.1 Å². The Bertz CT molecular complexity index is 915. The number of hydrogen-bond acceptors (Lipinski definition) is 5. The number of ether oxygens (including phenoxy) is 1. The van der Waals surface area contributed by atoms with E-state index in [1.54, 1.807) is 36.4 Å². The molecule has 1 unspecified atom stereocenters. The molecular weight excluding hydrogens is 370 g/mol. The van der Waals surface area contributed by atoms with Crippen molar-refractivity contribution < 1.29 is 24.5 Å². The molecule has 1 fully saturated rings. The van der Waals surface area contributed by atoms with Gasteiger partial charge in [0.25, 0.3) is 11.7 Å². The molecular formula is C23H25NO5. The van der Waals surface area contributed by atoms with Gasteiger partial charge in [-0.2, -0.15) is 0 Å². The van der Waals surface area contributed by atoms with Crippen molar-refractivity contribution in [2.24, 2.45) is 0 Å². The van der Waals surface area contributed by atoms with E-state index in [4.69, 9.17) is 4.74 Å². The predicted molar refractivity (Wildman–Crippen MR) is 110 cm³/mol. The number of carbonyl (C=O) groups is 2. The zero-order chi connectivity index (χ0) is 21.0. The van der Waals surface area contributed by atoms with E-state index in [1.165, 1.54) is 17.0 Å². The fourth-order valence-electron chi connectivity index (χ4n) is 3.44. The fourth-order valence-corrected chi connectivity index (χ4v) is 3.44. The number of aromatic hydroxyl groups is 1. The molecule has 0 bridgehead atoms. The first-order valence-electron chi connectivity index (χ1n) is 9.78. The lowest BCUT2D eigenvalue weighted by Gasteiger charge is -2.24. The summed E-state index contributed by atoms with van der Waals surface area (Å²) in [5, 5.41) is 20.5. The molecule has 6 heteroatoms. The van der Waals surface area contributed by atoms with Gasteiger partial charge in [-0.15, -0.1) is 0 Å². The molecule has 1 heterocycles. The van der Waals surface area contributed by atoms with E-state index in [2.05, 4.69) is 0 Å². The van der Waals surface area contributed by atoms with Crippen molar-refractivity contribution in [2.45, 2.75) is 32.7 Å². The van der Waals surface area contributed by atoms with Gasteiger partial charge in [0, 0.05) is 12.1 Å². The van der Waals surface area contributed by atoms with Crippen LogP contribution in [0, 0.1) is 0 Å². The first-order valence-corrected chi connectivity index (χ1v) is 9.78. The van der Waals surface area contributed by atoms with Crippen LogP contribution in [0.5, 0.6) is 11.5 Å². The highest BCUT2D eigenvalue weighted by atomic mass is 16.5. The van der Waals surface area contributed by atoms with Gasteiger partial charge in [-0.1, -0.05) is 26.0 Å². The Morgan fingerprint density at radius 3 is 2.24 bits per heavy atom. The van der Waals surface area contributed by atoms with E-state index in [0.717, 1.165) is 6.42 Å². The number of hydrogen-bond donors (Lipinski definition) is 2. The Balaban J connectivity index is 2.06. The Hall–Kier alpha value is -3.28. The minimum absolute atomic E-state index is 0.0522. The molecule has 0 saturated carbocycles. The van der Waals surface area contributed by atoms with Crippen molar-refractivity contribution >= 4 is 17.4 Å². The quantitative estimate of drug-likeness (QED) is 0.420. The number of phenols is 1. The third kappa shape index (κ3) is 4.11. The van der Waals surface area contributed by atoms with Crippen LogP contribution in [0.4, 0.5) is 0 Å². The standard InChI is InChI=1S/C23H25NO5/c1-3-13-24-20(15-5-9-17(25)10-6-15)19(22(27)23(24)28)21(26)16-7-11-18(12-8-16)29-14-4-2/h5-12,20,25-26H,3-4,13-14H2,1-2H3/b21-19-. The molecule has 0 spiro atoms. The highest BCUT2D eigenvalue weighted by molar-refractivity contribution is 6.46. The van der Waals surface area contributed by atoms with Crippen LogP contribution in [0.25, 0.3) is 5.76 Å². The average molecular weight is 395 g/mol. The van der Waals surface area contributed by atoms with Gasteiger partial charge in [0.1, 0.15) is 17.3 Å². The molecule has 152 valence electrons. The number of ketones is 1. The fraction of sp³-hybridized carbons (Fsp3) is 0.304. The average Bonchev–Trinajstić information content (AvgIpc) is 2.98. The molecule has 2 N–H and O–H groups in total. The number of aliphatic hydroxyl groups excluding tert-OH is 1. The van der Waals surface area contributed by atoms with Crippen molar-refractivity contribution in [1.82, 2.24) is 4.90 Å². The molecule has 1 atom stereocenters. The maximum Gasteiger partial charge on any atom is 0.295 e. The van der Waals surface area contributed by atoms with Crippen molar-refractivity contribution in [1.29, 1.82) is 0 Å². The lowest BCUT2D eigenvalue weighted by atomic mass is 9.95. The second kappa shape index (κ2) is 8.82. The number of rotatable bonds is 7. The Morgan fingerprint density at radius 2 is 1.66 bits per heavy atom. The van der Waals surface area contributed by atoms with Gasteiger partial charge in [-0.3, -0.25) is 9.59 Å². The van der Waals surface area contributed by atoms with Crippen molar-refractivity contribution in [3.63, 3.8) is 0 Å². The van der Waals surface area contributed by atoms with E-state index in [0.29, 0.717) is 36.4 Å². The monoisotopic (exact) mass is 395 g/mol. The highest BCUT2D eigenvalue weighted by Gasteiger charge is 2.45. The summed E-state index contributed by atoms with van der Waals surface area (Å²) in [6.07, 6.45) is 1.56. The van der Waals surface area contributed by atoms with E-state index in [1.807, 2.05) is 13.8 Å². The third-order valence-electron chi connectivity index (χ3n) is 4.81. The summed E-state index contributed by atoms with van der Waals surface area (Å²) in [4.78, 5) is 26.9. The zero-order valence-electron chi connectivity index (χ0n) is 16.6. The van der Waals surface area contributed by atoms with E-state index in [9.17, 15) is 19.8 Å². The molecule has 29 heavy (non-hydrogen) atoms. The number of aliphatic hydroxyl groups is 1. The first-order chi connectivity index (χ1) is 14.0. The summed E-state index contributed by atoms with van der Waals surface area (Å²) in [5.41, 5.74) is 1.14. The molecule has 1 aliphatic heterocycles. The van der Waals surface area contributed by atoms with E-state index >= 15 is 0 Å². The summed E-state index contributed by atoms with van der Waals surface area (Å²) < 4.78 is 5.55. The maximum absolute atomic E-state index is 12.8. The molecule has 0 aromatic heterocycles. The summed E-state index contributed by atoms with van der Waals surface area (Å²) in [7, 11) is 0. The Kier molecular flexibility index (Phi) is 6.22. The smallest absolute Gasteiger partial charge is 0.295 e. The molecule has 1 aliphatic rings. The minimum Gasteiger partial charge on any atom is -0.508 e. The number of nitrogens with zero attached hydrogens (tertiary/aromatic N) is 1. The second-order valence-electron chi connectivity index (χ2n) is 6.96. The summed E-state index contributed by atoms with van der Waals surface area (Å²) in [6.45, 7) is 4.91. The number of carbonyl (C=O) groups excluding carboxylic acids is 2. The molecule has 1 saturated heterocycles. The topological polar surface area (TPSA) is 87.1 Å². The van der Waals surface area contributed by atoms with Gasteiger partial charge in [0.2, 0.25) is 0 Å². The Labute approximate surface area is 170 Å². The van der Waals surface area contributed by atoms with Gasteiger partial charge in [0.15, 0.2) is 0 Å². The lowest BCUT2D eigenvalue weighted by Crippen LogP contribution is -2.30. The number of phenolic OH excluding ortho intramolecular Hbond substituents is 1. The third-order valence-corrected chi connectivity index (χ3v) is 4.81. The number of Topliss-reactive ketones (excluding diaryl/α,β-unsaturated/α-hetero) is 1. The van der Waals surface area contributed by atoms with Crippen LogP contribution in [-0.2, 0) is 9.59 Å². The van der Waals surface area contributed by atoms with Crippen LogP contribution < -0.4 is 4.74 Å². The van der Waals surface area contributed by atoms with Crippen LogP contribution in [-0.4, -0.2) is 40.0 Å². The van der Waals surface area contributed by atoms with Gasteiger partial charge in [-0.25, -0.2) is 0 Å². The van der Waals surface area contributed by atoms with Crippen LogP contribution in [0.1, 0.15) is 43.9 Å². The normalized spacial score (nSPS) is 18.3. The van der Waals surface area contributed by atoms with Crippen molar-refractivity contribution in [3.8, 4) is 11.5 Å². The van der Waals surface area contributed by atoms with Crippen LogP contribution in [0.2, 0.25) is 0 Å². The SMILES string of the molecule is CCCOc1ccc(/C(O)=C2/C(=O)C(=O)N(CCC)C2c2ccc(O)cc2)cc1. The molecule has 6 nitrogen and oxygen atoms in total. The highest BCUT2D eigenvalue weighted by Crippen LogP contribution is 2.39. The zero-order valence-corrected chi connectivity index (χ0v) is 16.6. The van der Waals surface area contributed by atoms with Gasteiger partial charge in [0.05, 0.1) is 18.2 Å². The summed E-state index contributed by atoms with van der Waals surface area (Å²) >= 11 is 0. The van der Waals surface area contributed by atoms with Crippen LogP contribution in [0.3, 0.4) is 0 Å². The maximum atomic E-state index is 12.8. The molecule has 1 amide bonds. The molecule has 2 aromatic rings. The van der Waals surface area contributed by atoms with Crippen molar-refractivity contribution in [2.75, 3.05) is 13.2 Å². The van der Waals surface area contributed by atoms with Crippen LogP contribution in [0.15, 0.2) is 54.1 Å².